The normalized spacial score (nSPS) is 10.4. The number of nitro groups is 1. The minimum Gasteiger partial charge on any atom is -0.461 e. The van der Waals surface area contributed by atoms with Crippen molar-refractivity contribution < 1.29 is 23.2 Å². The number of nitrogens with zero attached hydrogens (tertiary/aromatic N) is 1. The van der Waals surface area contributed by atoms with Gasteiger partial charge in [0, 0.05) is 6.07 Å². The maximum Gasteiger partial charge on any atom is 0.362 e. The highest BCUT2D eigenvalue weighted by atomic mass is 19.3. The zero-order valence-corrected chi connectivity index (χ0v) is 9.11. The zero-order chi connectivity index (χ0) is 13.9. The van der Waals surface area contributed by atoms with Crippen LogP contribution in [-0.2, 0) is 4.74 Å². The van der Waals surface area contributed by atoms with E-state index in [2.05, 4.69) is 4.74 Å². The third-order valence-corrected chi connectivity index (χ3v) is 1.92. The van der Waals surface area contributed by atoms with Crippen molar-refractivity contribution in [2.45, 2.75) is 13.3 Å². The van der Waals surface area contributed by atoms with Crippen LogP contribution < -0.4 is 5.43 Å². The van der Waals surface area contributed by atoms with E-state index in [1.165, 1.54) is 6.92 Å². The van der Waals surface area contributed by atoms with E-state index >= 15 is 0 Å². The summed E-state index contributed by atoms with van der Waals surface area (Å²) in [6.45, 7) is 1.32. The molecule has 0 saturated carbocycles. The first-order valence-electron chi connectivity index (χ1n) is 4.75. The molecule has 0 aliphatic rings. The van der Waals surface area contributed by atoms with Gasteiger partial charge in [-0.05, 0) is 6.92 Å². The summed E-state index contributed by atoms with van der Waals surface area (Å²) in [6, 6.07) is 0.380. The molecule has 0 aromatic carbocycles. The lowest BCUT2D eigenvalue weighted by Gasteiger charge is -2.05. The number of pyridine rings is 1. The lowest BCUT2D eigenvalue weighted by atomic mass is 10.2. The van der Waals surface area contributed by atoms with Gasteiger partial charge in [0.05, 0.1) is 17.2 Å². The molecular weight excluding hydrogens is 254 g/mol. The second-order valence-electron chi connectivity index (χ2n) is 3.09. The number of nitrogens with one attached hydrogen (secondary N) is 1. The summed E-state index contributed by atoms with van der Waals surface area (Å²) in [6.07, 6.45) is -3.06. The maximum absolute atomic E-state index is 12.4. The molecule has 0 aliphatic carbocycles. The minimum absolute atomic E-state index is 0.114. The number of aromatic nitrogens is 1. The fourth-order valence-corrected chi connectivity index (χ4v) is 1.22. The van der Waals surface area contributed by atoms with Crippen LogP contribution in [-0.4, -0.2) is 22.5 Å². The van der Waals surface area contributed by atoms with Gasteiger partial charge in [-0.15, -0.1) is 0 Å². The van der Waals surface area contributed by atoms with Gasteiger partial charge in [0.2, 0.25) is 5.69 Å². The second-order valence-corrected chi connectivity index (χ2v) is 3.09. The topological polar surface area (TPSA) is 102 Å². The van der Waals surface area contributed by atoms with E-state index < -0.39 is 39.8 Å². The highest BCUT2D eigenvalue weighted by Crippen LogP contribution is 2.19. The third kappa shape index (κ3) is 2.67. The lowest BCUT2D eigenvalue weighted by Crippen LogP contribution is -2.19. The Kier molecular flexibility index (Phi) is 4.08. The van der Waals surface area contributed by atoms with Gasteiger partial charge in [0.25, 0.3) is 11.9 Å². The SMILES string of the molecule is CCOC(=O)c1[nH]c(C(F)F)cc(=O)c1[N+](=O)[O-]. The summed E-state index contributed by atoms with van der Waals surface area (Å²) in [7, 11) is 0. The number of ether oxygens (including phenoxy) is 1. The Morgan fingerprint density at radius 3 is 2.67 bits per heavy atom. The van der Waals surface area contributed by atoms with E-state index in [-0.39, 0.29) is 6.61 Å². The van der Waals surface area contributed by atoms with Crippen molar-refractivity contribution in [2.75, 3.05) is 6.61 Å². The number of esters is 1. The van der Waals surface area contributed by atoms with Gasteiger partial charge in [-0.1, -0.05) is 0 Å². The molecule has 0 radical (unpaired) electrons. The summed E-state index contributed by atoms with van der Waals surface area (Å²) in [5.41, 5.74) is -4.16. The Bertz CT molecular complexity index is 540. The second kappa shape index (κ2) is 5.34. The third-order valence-electron chi connectivity index (χ3n) is 1.92. The van der Waals surface area contributed by atoms with E-state index in [9.17, 15) is 28.5 Å². The molecule has 1 N–H and O–H groups in total. The van der Waals surface area contributed by atoms with E-state index in [1.54, 1.807) is 0 Å². The molecule has 1 rings (SSSR count). The van der Waals surface area contributed by atoms with Crippen LogP contribution in [0.25, 0.3) is 0 Å². The summed E-state index contributed by atoms with van der Waals surface area (Å²) in [5.74, 6) is -1.23. The van der Waals surface area contributed by atoms with Gasteiger partial charge in [0.1, 0.15) is 0 Å². The van der Waals surface area contributed by atoms with Crippen LogP contribution in [0, 0.1) is 10.1 Å². The molecule has 0 unspecified atom stereocenters. The molecule has 7 nitrogen and oxygen atoms in total. The van der Waals surface area contributed by atoms with Crippen molar-refractivity contribution in [3.8, 4) is 0 Å². The van der Waals surface area contributed by atoms with Crippen LogP contribution in [0.4, 0.5) is 14.5 Å². The Morgan fingerprint density at radius 2 is 2.22 bits per heavy atom. The van der Waals surface area contributed by atoms with Crippen molar-refractivity contribution >= 4 is 11.7 Å². The highest BCUT2D eigenvalue weighted by molar-refractivity contribution is 5.91. The molecule has 1 aromatic heterocycles. The fraction of sp³-hybridized carbons (Fsp3) is 0.333. The summed E-state index contributed by atoms with van der Waals surface area (Å²) >= 11 is 0. The predicted molar refractivity (Wildman–Crippen MR) is 54.6 cm³/mol. The van der Waals surface area contributed by atoms with Crippen LogP contribution in [0.2, 0.25) is 0 Å². The Balaban J connectivity index is 3.48. The summed E-state index contributed by atoms with van der Waals surface area (Å²) in [5, 5.41) is 10.6. The first-order chi connectivity index (χ1) is 8.38. The number of H-pyrrole nitrogens is 1. The largest absolute Gasteiger partial charge is 0.461 e. The molecule has 0 spiro atoms. The molecule has 1 aromatic rings. The monoisotopic (exact) mass is 262 g/mol. The minimum atomic E-state index is -3.06. The number of halogens is 2. The van der Waals surface area contributed by atoms with E-state index in [4.69, 9.17) is 0 Å². The average molecular weight is 262 g/mol. The Labute approximate surface area is 98.5 Å². The maximum atomic E-state index is 12.4. The van der Waals surface area contributed by atoms with Gasteiger partial charge in [-0.3, -0.25) is 14.9 Å². The molecule has 98 valence electrons. The predicted octanol–water partition coefficient (Wildman–Crippen LogP) is 1.40. The van der Waals surface area contributed by atoms with Crippen molar-refractivity contribution in [3.05, 3.63) is 37.8 Å². The molecule has 0 amide bonds. The van der Waals surface area contributed by atoms with E-state index in [0.717, 1.165) is 0 Å². The van der Waals surface area contributed by atoms with Gasteiger partial charge in [0.15, 0.2) is 0 Å². The molecule has 0 aliphatic heterocycles. The van der Waals surface area contributed by atoms with Crippen LogP contribution in [0.5, 0.6) is 0 Å². The molecular formula is C9H8F2N2O5. The Hall–Kier alpha value is -2.32. The van der Waals surface area contributed by atoms with Gasteiger partial charge in [-0.2, -0.15) is 0 Å². The molecule has 0 atom stereocenters. The standard InChI is InChI=1S/C9H8F2N2O5/c1-2-18-9(15)6-7(13(16)17)5(14)3-4(12-6)8(10)11/h3,8H,2H2,1H3,(H,12,14). The molecule has 0 fully saturated rings. The van der Waals surface area contributed by atoms with Crippen molar-refractivity contribution in [1.82, 2.24) is 4.98 Å². The zero-order valence-electron chi connectivity index (χ0n) is 9.11. The number of alkyl halides is 2. The van der Waals surface area contributed by atoms with Crippen molar-refractivity contribution in [2.24, 2.45) is 0 Å². The van der Waals surface area contributed by atoms with Gasteiger partial charge in [-0.25, -0.2) is 13.6 Å². The fourth-order valence-electron chi connectivity index (χ4n) is 1.22. The van der Waals surface area contributed by atoms with Gasteiger partial charge >= 0.3 is 11.7 Å². The number of aromatic amines is 1. The number of hydrogen-bond acceptors (Lipinski definition) is 5. The first-order valence-corrected chi connectivity index (χ1v) is 4.75. The number of carbonyl (C=O) groups is 1. The van der Waals surface area contributed by atoms with Crippen LogP contribution in [0.1, 0.15) is 29.5 Å². The quantitative estimate of drug-likeness (QED) is 0.502. The van der Waals surface area contributed by atoms with Crippen molar-refractivity contribution in [1.29, 1.82) is 0 Å². The smallest absolute Gasteiger partial charge is 0.362 e. The molecule has 0 bridgehead atoms. The lowest BCUT2D eigenvalue weighted by molar-refractivity contribution is -0.386. The van der Waals surface area contributed by atoms with E-state index in [1.807, 2.05) is 4.98 Å². The first kappa shape index (κ1) is 13.7. The molecule has 0 saturated heterocycles. The van der Waals surface area contributed by atoms with Crippen molar-refractivity contribution in [3.63, 3.8) is 0 Å². The number of carbonyl (C=O) groups excluding carboxylic acids is 1. The number of rotatable bonds is 4. The van der Waals surface area contributed by atoms with Crippen LogP contribution in [0.15, 0.2) is 10.9 Å². The highest BCUT2D eigenvalue weighted by Gasteiger charge is 2.28. The number of hydrogen-bond donors (Lipinski definition) is 1. The molecule has 18 heavy (non-hydrogen) atoms. The van der Waals surface area contributed by atoms with E-state index in [0.29, 0.717) is 6.07 Å². The summed E-state index contributed by atoms with van der Waals surface area (Å²) in [4.78, 5) is 34.0. The van der Waals surface area contributed by atoms with Crippen LogP contribution in [0.3, 0.4) is 0 Å². The molecule has 1 heterocycles. The summed E-state index contributed by atoms with van der Waals surface area (Å²) < 4.78 is 29.3. The average Bonchev–Trinajstić information content (AvgIpc) is 2.27. The van der Waals surface area contributed by atoms with Gasteiger partial charge < -0.3 is 9.72 Å². The molecule has 9 heteroatoms. The van der Waals surface area contributed by atoms with Crippen LogP contribution >= 0.6 is 0 Å². The Morgan fingerprint density at radius 1 is 1.61 bits per heavy atom.